The van der Waals surface area contributed by atoms with Gasteiger partial charge in [0.25, 0.3) is 0 Å². The molecule has 1 amide bonds. The predicted octanol–water partition coefficient (Wildman–Crippen LogP) is 1.65. The number of hydrogen-bond acceptors (Lipinski definition) is 7. The number of carbonyl (C=O) groups excluding carboxylic acids is 1. The minimum absolute atomic E-state index is 0.0385. The van der Waals surface area contributed by atoms with Gasteiger partial charge in [0.15, 0.2) is 5.82 Å². The number of aromatic amines is 1. The lowest BCUT2D eigenvalue weighted by atomic mass is 10.1. The largest absolute Gasteiger partial charge is 0.378 e. The van der Waals surface area contributed by atoms with Crippen LogP contribution in [-0.4, -0.2) is 72.3 Å². The number of rotatable bonds is 5. The van der Waals surface area contributed by atoms with Crippen molar-refractivity contribution in [2.45, 2.75) is 6.54 Å². The molecule has 5 rings (SSSR count). The molecule has 1 aliphatic heterocycles. The van der Waals surface area contributed by atoms with E-state index in [1.807, 2.05) is 30.5 Å². The van der Waals surface area contributed by atoms with Crippen LogP contribution in [0.4, 0.5) is 0 Å². The lowest BCUT2D eigenvalue weighted by Gasteiger charge is -2.26. The number of morpholine rings is 1. The SMILES string of the molecule is O=C(Cn1cc(-c2cnc(-c3cccc(-c4cn[nH]n4)c3)nc2)cn1)N1CCOCC1. The zero-order valence-corrected chi connectivity index (χ0v) is 16.7. The summed E-state index contributed by atoms with van der Waals surface area (Å²) in [5.41, 5.74) is 4.28. The van der Waals surface area contributed by atoms with E-state index in [1.165, 1.54) is 0 Å². The second kappa shape index (κ2) is 8.44. The minimum atomic E-state index is 0.0385. The summed E-state index contributed by atoms with van der Waals surface area (Å²) >= 11 is 0. The van der Waals surface area contributed by atoms with Crippen LogP contribution in [0.15, 0.2) is 55.2 Å². The van der Waals surface area contributed by atoms with E-state index >= 15 is 0 Å². The summed E-state index contributed by atoms with van der Waals surface area (Å²) in [5, 5.41) is 14.9. The first-order valence-corrected chi connectivity index (χ1v) is 9.93. The van der Waals surface area contributed by atoms with Crippen LogP contribution in [0.25, 0.3) is 33.8 Å². The summed E-state index contributed by atoms with van der Waals surface area (Å²) in [7, 11) is 0. The molecule has 31 heavy (non-hydrogen) atoms. The fraction of sp³-hybridized carbons (Fsp3) is 0.238. The van der Waals surface area contributed by atoms with Gasteiger partial charge >= 0.3 is 0 Å². The second-order valence-electron chi connectivity index (χ2n) is 7.15. The van der Waals surface area contributed by atoms with E-state index in [0.29, 0.717) is 32.1 Å². The molecule has 0 bridgehead atoms. The molecule has 0 unspecified atom stereocenters. The van der Waals surface area contributed by atoms with Gasteiger partial charge in [0.05, 0.1) is 25.6 Å². The first-order valence-electron chi connectivity index (χ1n) is 9.93. The third kappa shape index (κ3) is 4.19. The van der Waals surface area contributed by atoms with Gasteiger partial charge in [0, 0.05) is 53.9 Å². The standard InChI is InChI=1S/C21H20N8O2/c30-20(28-4-6-31-7-5-28)14-29-13-18(11-25-29)17-9-22-21(23-10-17)16-3-1-2-15(8-16)19-12-24-27-26-19/h1-3,8-13H,4-7,14H2,(H,24,26,27). The highest BCUT2D eigenvalue weighted by molar-refractivity contribution is 5.76. The Morgan fingerprint density at radius 2 is 1.81 bits per heavy atom. The van der Waals surface area contributed by atoms with Crippen molar-refractivity contribution < 1.29 is 9.53 Å². The Morgan fingerprint density at radius 3 is 2.58 bits per heavy atom. The van der Waals surface area contributed by atoms with Crippen LogP contribution in [-0.2, 0) is 16.1 Å². The molecule has 1 N–H and O–H groups in total. The highest BCUT2D eigenvalue weighted by Gasteiger charge is 2.17. The number of aromatic nitrogens is 7. The van der Waals surface area contributed by atoms with Gasteiger partial charge in [-0.15, -0.1) is 0 Å². The van der Waals surface area contributed by atoms with Crippen LogP contribution < -0.4 is 0 Å². The molecule has 4 aromatic rings. The molecular weight excluding hydrogens is 396 g/mol. The molecular formula is C21H20N8O2. The first kappa shape index (κ1) is 19.1. The Kier molecular flexibility index (Phi) is 5.19. The van der Waals surface area contributed by atoms with Crippen molar-refractivity contribution in [3.05, 3.63) is 55.2 Å². The molecule has 1 saturated heterocycles. The van der Waals surface area contributed by atoms with E-state index in [-0.39, 0.29) is 12.5 Å². The van der Waals surface area contributed by atoms with Gasteiger partial charge in [0.2, 0.25) is 5.91 Å². The molecule has 0 atom stereocenters. The third-order valence-corrected chi connectivity index (χ3v) is 5.11. The fourth-order valence-corrected chi connectivity index (χ4v) is 3.43. The van der Waals surface area contributed by atoms with Gasteiger partial charge in [-0.1, -0.05) is 18.2 Å². The van der Waals surface area contributed by atoms with Crippen molar-refractivity contribution in [2.24, 2.45) is 0 Å². The zero-order chi connectivity index (χ0) is 21.0. The third-order valence-electron chi connectivity index (χ3n) is 5.11. The number of benzene rings is 1. The number of carbonyl (C=O) groups is 1. The van der Waals surface area contributed by atoms with Crippen molar-refractivity contribution in [2.75, 3.05) is 26.3 Å². The lowest BCUT2D eigenvalue weighted by Crippen LogP contribution is -2.42. The lowest BCUT2D eigenvalue weighted by molar-refractivity contribution is -0.136. The van der Waals surface area contributed by atoms with Crippen molar-refractivity contribution in [1.82, 2.24) is 40.1 Å². The zero-order valence-electron chi connectivity index (χ0n) is 16.7. The monoisotopic (exact) mass is 416 g/mol. The number of ether oxygens (including phenoxy) is 1. The summed E-state index contributed by atoms with van der Waals surface area (Å²) in [4.78, 5) is 23.2. The van der Waals surface area contributed by atoms with Gasteiger partial charge in [-0.3, -0.25) is 9.48 Å². The predicted molar refractivity (Wildman–Crippen MR) is 111 cm³/mol. The molecule has 4 heterocycles. The van der Waals surface area contributed by atoms with Crippen molar-refractivity contribution >= 4 is 5.91 Å². The molecule has 3 aromatic heterocycles. The Balaban J connectivity index is 1.30. The summed E-state index contributed by atoms with van der Waals surface area (Å²) < 4.78 is 6.93. The van der Waals surface area contributed by atoms with Crippen LogP contribution in [0.1, 0.15) is 0 Å². The van der Waals surface area contributed by atoms with Gasteiger partial charge in [-0.25, -0.2) is 9.97 Å². The average Bonchev–Trinajstić information content (AvgIpc) is 3.53. The summed E-state index contributed by atoms with van der Waals surface area (Å²) in [6.45, 7) is 2.62. The van der Waals surface area contributed by atoms with Crippen LogP contribution in [0, 0.1) is 0 Å². The molecule has 0 radical (unpaired) electrons. The van der Waals surface area contributed by atoms with E-state index in [0.717, 1.165) is 27.9 Å². The van der Waals surface area contributed by atoms with Crippen molar-refractivity contribution in [3.63, 3.8) is 0 Å². The summed E-state index contributed by atoms with van der Waals surface area (Å²) in [6, 6.07) is 7.82. The number of H-pyrrole nitrogens is 1. The quantitative estimate of drug-likeness (QED) is 0.526. The summed E-state index contributed by atoms with van der Waals surface area (Å²) in [5.74, 6) is 0.653. The van der Waals surface area contributed by atoms with E-state index in [4.69, 9.17) is 4.74 Å². The van der Waals surface area contributed by atoms with Crippen molar-refractivity contribution in [3.8, 4) is 33.8 Å². The van der Waals surface area contributed by atoms with Crippen LogP contribution >= 0.6 is 0 Å². The highest BCUT2D eigenvalue weighted by atomic mass is 16.5. The molecule has 1 aromatic carbocycles. The van der Waals surface area contributed by atoms with Gasteiger partial charge in [-0.05, 0) is 6.07 Å². The molecule has 1 fully saturated rings. The fourth-order valence-electron chi connectivity index (χ4n) is 3.43. The van der Waals surface area contributed by atoms with E-state index in [9.17, 15) is 4.79 Å². The maximum atomic E-state index is 12.4. The molecule has 10 nitrogen and oxygen atoms in total. The topological polar surface area (TPSA) is 115 Å². The Morgan fingerprint density at radius 1 is 1.00 bits per heavy atom. The highest BCUT2D eigenvalue weighted by Crippen LogP contribution is 2.24. The van der Waals surface area contributed by atoms with E-state index < -0.39 is 0 Å². The van der Waals surface area contributed by atoms with Crippen LogP contribution in [0.5, 0.6) is 0 Å². The minimum Gasteiger partial charge on any atom is -0.378 e. The molecule has 0 spiro atoms. The Bertz CT molecular complexity index is 1160. The second-order valence-corrected chi connectivity index (χ2v) is 7.15. The Hall–Kier alpha value is -3.92. The van der Waals surface area contributed by atoms with Crippen molar-refractivity contribution in [1.29, 1.82) is 0 Å². The average molecular weight is 416 g/mol. The number of hydrogen-bond donors (Lipinski definition) is 1. The molecule has 1 aliphatic rings. The number of amides is 1. The van der Waals surface area contributed by atoms with E-state index in [2.05, 4.69) is 30.5 Å². The molecule has 156 valence electrons. The molecule has 10 heteroatoms. The normalized spacial score (nSPS) is 14.0. The first-order chi connectivity index (χ1) is 15.3. The van der Waals surface area contributed by atoms with Gasteiger partial charge in [-0.2, -0.15) is 20.5 Å². The molecule has 0 saturated carbocycles. The maximum Gasteiger partial charge on any atom is 0.244 e. The van der Waals surface area contributed by atoms with Crippen LogP contribution in [0.3, 0.4) is 0 Å². The number of nitrogens with zero attached hydrogens (tertiary/aromatic N) is 7. The van der Waals surface area contributed by atoms with E-state index in [1.54, 1.807) is 34.4 Å². The van der Waals surface area contributed by atoms with Gasteiger partial charge in [0.1, 0.15) is 12.2 Å². The summed E-state index contributed by atoms with van der Waals surface area (Å²) in [6.07, 6.45) is 8.75. The smallest absolute Gasteiger partial charge is 0.244 e. The number of nitrogens with one attached hydrogen (secondary N) is 1. The Labute approximate surface area is 177 Å². The van der Waals surface area contributed by atoms with Gasteiger partial charge < -0.3 is 9.64 Å². The van der Waals surface area contributed by atoms with Crippen LogP contribution in [0.2, 0.25) is 0 Å². The molecule has 0 aliphatic carbocycles. The maximum absolute atomic E-state index is 12.4.